The lowest BCUT2D eigenvalue weighted by molar-refractivity contribution is 0.299. The van der Waals surface area contributed by atoms with Crippen LogP contribution in [0.2, 0.25) is 0 Å². The molecular formula is C10H13NO. The van der Waals surface area contributed by atoms with Crippen molar-refractivity contribution in [1.29, 1.82) is 0 Å². The summed E-state index contributed by atoms with van der Waals surface area (Å²) in [5.74, 6) is 0. The first-order valence-electron chi connectivity index (χ1n) is 3.88. The van der Waals surface area contributed by atoms with E-state index in [1.165, 1.54) is 0 Å². The van der Waals surface area contributed by atoms with Gasteiger partial charge in [-0.15, -0.1) is 0 Å². The first-order valence-corrected chi connectivity index (χ1v) is 3.88. The summed E-state index contributed by atoms with van der Waals surface area (Å²) in [5.41, 5.74) is 8.10. The largest absolute Gasteiger partial charge is 0.399 e. The van der Waals surface area contributed by atoms with Gasteiger partial charge in [-0.1, -0.05) is 24.8 Å². The lowest BCUT2D eigenvalue weighted by Gasteiger charge is -2.02. The van der Waals surface area contributed by atoms with Gasteiger partial charge >= 0.3 is 0 Å². The van der Waals surface area contributed by atoms with Gasteiger partial charge in [-0.25, -0.2) is 0 Å². The Kier molecular flexibility index (Phi) is 2.88. The van der Waals surface area contributed by atoms with Gasteiger partial charge in [0, 0.05) is 12.3 Å². The van der Waals surface area contributed by atoms with E-state index in [1.54, 1.807) is 0 Å². The fourth-order valence-corrected chi connectivity index (χ4v) is 1.06. The Morgan fingerprint density at radius 2 is 2.25 bits per heavy atom. The van der Waals surface area contributed by atoms with E-state index >= 15 is 0 Å². The molecule has 0 amide bonds. The average Bonchev–Trinajstić information content (AvgIpc) is 2.05. The summed E-state index contributed by atoms with van der Waals surface area (Å²) in [6, 6.07) is 7.72. The molecule has 1 aromatic rings. The van der Waals surface area contributed by atoms with Crippen molar-refractivity contribution >= 4 is 5.70 Å². The molecule has 0 spiro atoms. The third-order valence-electron chi connectivity index (χ3n) is 1.70. The molecule has 0 saturated heterocycles. The molecule has 3 N–H and O–H groups in total. The highest BCUT2D eigenvalue weighted by Gasteiger charge is 1.95. The van der Waals surface area contributed by atoms with Gasteiger partial charge in [0.15, 0.2) is 0 Å². The molecule has 64 valence electrons. The van der Waals surface area contributed by atoms with Crippen LogP contribution in [0.1, 0.15) is 11.1 Å². The number of nitrogens with two attached hydrogens (primary N) is 1. The lowest BCUT2D eigenvalue weighted by atomic mass is 10.1. The molecular weight excluding hydrogens is 150 g/mol. The van der Waals surface area contributed by atoms with Gasteiger partial charge in [-0.05, 0) is 23.6 Å². The predicted molar refractivity (Wildman–Crippen MR) is 50.5 cm³/mol. The molecule has 0 heterocycles. The molecule has 0 aromatic heterocycles. The number of aliphatic hydroxyl groups is 1. The minimum atomic E-state index is 0.167. The summed E-state index contributed by atoms with van der Waals surface area (Å²) in [5, 5.41) is 8.70. The summed E-state index contributed by atoms with van der Waals surface area (Å²) >= 11 is 0. The van der Waals surface area contributed by atoms with Crippen LogP contribution in [0.15, 0.2) is 30.8 Å². The summed E-state index contributed by atoms with van der Waals surface area (Å²) in [6.07, 6.45) is 0.668. The molecule has 2 heteroatoms. The molecule has 1 rings (SSSR count). The molecule has 0 aliphatic carbocycles. The minimum Gasteiger partial charge on any atom is -0.399 e. The average molecular weight is 163 g/mol. The van der Waals surface area contributed by atoms with E-state index in [9.17, 15) is 0 Å². The van der Waals surface area contributed by atoms with E-state index in [0.717, 1.165) is 11.1 Å². The third-order valence-corrected chi connectivity index (χ3v) is 1.70. The highest BCUT2D eigenvalue weighted by atomic mass is 16.2. The maximum atomic E-state index is 8.70. The summed E-state index contributed by atoms with van der Waals surface area (Å²) in [4.78, 5) is 0. The number of rotatable bonds is 3. The third kappa shape index (κ3) is 2.10. The Hall–Kier alpha value is -1.28. The van der Waals surface area contributed by atoms with Crippen molar-refractivity contribution in [2.24, 2.45) is 5.73 Å². The zero-order valence-corrected chi connectivity index (χ0v) is 6.96. The topological polar surface area (TPSA) is 46.2 Å². The van der Waals surface area contributed by atoms with Crippen molar-refractivity contribution in [3.8, 4) is 0 Å². The molecule has 0 bridgehead atoms. The molecule has 0 aliphatic heterocycles. The Bertz CT molecular complexity index is 281. The van der Waals surface area contributed by atoms with Crippen LogP contribution in [0.4, 0.5) is 0 Å². The van der Waals surface area contributed by atoms with Gasteiger partial charge in [-0.3, -0.25) is 0 Å². The summed E-state index contributed by atoms with van der Waals surface area (Å²) < 4.78 is 0. The normalized spacial score (nSPS) is 9.75. The molecule has 12 heavy (non-hydrogen) atoms. The van der Waals surface area contributed by atoms with Crippen molar-refractivity contribution in [3.63, 3.8) is 0 Å². The second-order valence-corrected chi connectivity index (χ2v) is 2.70. The zero-order chi connectivity index (χ0) is 8.97. The van der Waals surface area contributed by atoms with E-state index in [2.05, 4.69) is 6.58 Å². The van der Waals surface area contributed by atoms with Gasteiger partial charge in [0.2, 0.25) is 0 Å². The van der Waals surface area contributed by atoms with Crippen molar-refractivity contribution in [3.05, 3.63) is 42.0 Å². The summed E-state index contributed by atoms with van der Waals surface area (Å²) in [6.45, 7) is 3.81. The molecule has 0 saturated carbocycles. The molecule has 0 atom stereocenters. The molecule has 1 aromatic carbocycles. The van der Waals surface area contributed by atoms with Gasteiger partial charge in [-0.2, -0.15) is 0 Å². The fraction of sp³-hybridized carbons (Fsp3) is 0.200. The maximum absolute atomic E-state index is 8.70. The van der Waals surface area contributed by atoms with E-state index in [1.807, 2.05) is 24.3 Å². The zero-order valence-electron chi connectivity index (χ0n) is 6.96. The SMILES string of the molecule is C=C(N)c1cccc(CCO)c1. The summed E-state index contributed by atoms with van der Waals surface area (Å²) in [7, 11) is 0. The van der Waals surface area contributed by atoms with Gasteiger partial charge in [0.05, 0.1) is 0 Å². The molecule has 0 unspecified atom stereocenters. The number of aliphatic hydroxyl groups excluding tert-OH is 1. The Labute approximate surface area is 72.3 Å². The van der Waals surface area contributed by atoms with Crippen LogP contribution in [0, 0.1) is 0 Å². The van der Waals surface area contributed by atoms with Crippen LogP contribution < -0.4 is 5.73 Å². The monoisotopic (exact) mass is 163 g/mol. The van der Waals surface area contributed by atoms with E-state index < -0.39 is 0 Å². The van der Waals surface area contributed by atoms with E-state index in [-0.39, 0.29) is 6.61 Å². The maximum Gasteiger partial charge on any atom is 0.0471 e. The van der Waals surface area contributed by atoms with E-state index in [4.69, 9.17) is 10.8 Å². The van der Waals surface area contributed by atoms with E-state index in [0.29, 0.717) is 12.1 Å². The van der Waals surface area contributed by atoms with Crippen LogP contribution in [0.5, 0.6) is 0 Å². The highest BCUT2D eigenvalue weighted by Crippen LogP contribution is 2.09. The number of benzene rings is 1. The van der Waals surface area contributed by atoms with Gasteiger partial charge in [0.25, 0.3) is 0 Å². The Balaban J connectivity index is 2.88. The Morgan fingerprint density at radius 1 is 1.50 bits per heavy atom. The van der Waals surface area contributed by atoms with Crippen molar-refractivity contribution < 1.29 is 5.11 Å². The van der Waals surface area contributed by atoms with Crippen molar-refractivity contribution in [1.82, 2.24) is 0 Å². The van der Waals surface area contributed by atoms with Crippen LogP contribution in [-0.2, 0) is 6.42 Å². The number of hydrogen-bond acceptors (Lipinski definition) is 2. The quantitative estimate of drug-likeness (QED) is 0.702. The van der Waals surface area contributed by atoms with Crippen molar-refractivity contribution in [2.75, 3.05) is 6.61 Å². The molecule has 0 radical (unpaired) electrons. The molecule has 0 fully saturated rings. The van der Waals surface area contributed by atoms with Crippen LogP contribution >= 0.6 is 0 Å². The highest BCUT2D eigenvalue weighted by molar-refractivity contribution is 5.60. The standard InChI is InChI=1S/C10H13NO/c1-8(11)10-4-2-3-9(7-10)5-6-12/h2-4,7,12H,1,5-6,11H2. The first-order chi connectivity index (χ1) is 5.74. The molecule has 0 aliphatic rings. The predicted octanol–water partition coefficient (Wildman–Crippen LogP) is 1.15. The second-order valence-electron chi connectivity index (χ2n) is 2.70. The first kappa shape index (κ1) is 8.81. The Morgan fingerprint density at radius 3 is 2.83 bits per heavy atom. The smallest absolute Gasteiger partial charge is 0.0471 e. The molecule has 2 nitrogen and oxygen atoms in total. The number of hydrogen-bond donors (Lipinski definition) is 2. The van der Waals surface area contributed by atoms with Crippen LogP contribution in [-0.4, -0.2) is 11.7 Å². The lowest BCUT2D eigenvalue weighted by Crippen LogP contribution is -1.96. The van der Waals surface area contributed by atoms with Crippen LogP contribution in [0.3, 0.4) is 0 Å². The second kappa shape index (κ2) is 3.93. The minimum absolute atomic E-state index is 0.167. The van der Waals surface area contributed by atoms with Crippen LogP contribution in [0.25, 0.3) is 5.70 Å². The fourth-order valence-electron chi connectivity index (χ4n) is 1.06. The van der Waals surface area contributed by atoms with Gasteiger partial charge in [0.1, 0.15) is 0 Å². The van der Waals surface area contributed by atoms with Gasteiger partial charge < -0.3 is 10.8 Å². The van der Waals surface area contributed by atoms with Crippen molar-refractivity contribution in [2.45, 2.75) is 6.42 Å².